The SMILES string of the molecule is CC(C)(C)c1cc(NC(=O)c2cc(C(F)(F)F)ccc2C(F)(F)F)n(-c2cc(Cl)ccc2Cl)n1. The lowest BCUT2D eigenvalue weighted by Gasteiger charge is -2.16. The van der Waals surface area contributed by atoms with Crippen LogP contribution in [0.4, 0.5) is 32.2 Å². The number of amides is 1. The number of aromatic nitrogens is 2. The van der Waals surface area contributed by atoms with E-state index in [0.717, 1.165) is 4.68 Å². The molecule has 1 heterocycles. The summed E-state index contributed by atoms with van der Waals surface area (Å²) < 4.78 is 81.0. The van der Waals surface area contributed by atoms with E-state index in [1.807, 2.05) is 0 Å². The first kappa shape index (κ1) is 25.9. The van der Waals surface area contributed by atoms with Gasteiger partial charge in [-0.15, -0.1) is 0 Å². The minimum absolute atomic E-state index is 0.107. The summed E-state index contributed by atoms with van der Waals surface area (Å²) in [6, 6.07) is 6.43. The molecule has 0 aliphatic carbocycles. The molecule has 1 amide bonds. The highest BCUT2D eigenvalue weighted by Gasteiger charge is 2.39. The normalized spacial score (nSPS) is 12.7. The number of rotatable bonds is 3. The van der Waals surface area contributed by atoms with Gasteiger partial charge in [-0.05, 0) is 36.4 Å². The number of nitrogens with one attached hydrogen (secondary N) is 1. The van der Waals surface area contributed by atoms with E-state index in [0.29, 0.717) is 5.69 Å². The minimum Gasteiger partial charge on any atom is -0.306 e. The van der Waals surface area contributed by atoms with E-state index in [9.17, 15) is 31.1 Å². The van der Waals surface area contributed by atoms with Crippen molar-refractivity contribution in [1.29, 1.82) is 0 Å². The lowest BCUT2D eigenvalue weighted by Crippen LogP contribution is -2.21. The molecule has 3 rings (SSSR count). The zero-order valence-electron chi connectivity index (χ0n) is 17.9. The molecule has 4 nitrogen and oxygen atoms in total. The molecule has 1 aromatic heterocycles. The summed E-state index contributed by atoms with van der Waals surface area (Å²) in [6.07, 6.45) is -10.0. The standard InChI is InChI=1S/C22H17Cl2F6N3O/c1-20(2,3)17-10-18(33(32-17)16-9-12(23)5-7-15(16)24)31-19(34)13-8-11(21(25,26)27)4-6-14(13)22(28,29)30/h4-10H,1-3H3,(H,31,34). The largest absolute Gasteiger partial charge is 0.417 e. The molecule has 182 valence electrons. The number of alkyl halides is 6. The van der Waals surface area contributed by atoms with Crippen molar-refractivity contribution in [1.82, 2.24) is 9.78 Å². The Hall–Kier alpha value is -2.72. The Balaban J connectivity index is 2.15. The van der Waals surface area contributed by atoms with Gasteiger partial charge in [0.05, 0.1) is 33.1 Å². The number of hydrogen-bond donors (Lipinski definition) is 1. The van der Waals surface area contributed by atoms with Crippen molar-refractivity contribution in [2.24, 2.45) is 0 Å². The van der Waals surface area contributed by atoms with Gasteiger partial charge >= 0.3 is 12.4 Å². The zero-order chi connectivity index (χ0) is 25.6. The molecule has 0 fully saturated rings. The summed E-state index contributed by atoms with van der Waals surface area (Å²) in [4.78, 5) is 12.9. The Kier molecular flexibility index (Phi) is 6.71. The molecule has 0 spiro atoms. The van der Waals surface area contributed by atoms with E-state index in [2.05, 4.69) is 10.4 Å². The molecule has 3 aromatic rings. The molecule has 12 heteroatoms. The molecular weight excluding hydrogens is 507 g/mol. The maximum absolute atomic E-state index is 13.5. The molecule has 0 bridgehead atoms. The number of carbonyl (C=O) groups excluding carboxylic acids is 1. The highest BCUT2D eigenvalue weighted by Crippen LogP contribution is 2.37. The molecule has 0 atom stereocenters. The molecule has 34 heavy (non-hydrogen) atoms. The monoisotopic (exact) mass is 523 g/mol. The van der Waals surface area contributed by atoms with Gasteiger partial charge in [0, 0.05) is 16.5 Å². The predicted molar refractivity (Wildman–Crippen MR) is 117 cm³/mol. The summed E-state index contributed by atoms with van der Waals surface area (Å²) in [5.41, 5.74) is -4.01. The number of anilines is 1. The topological polar surface area (TPSA) is 46.9 Å². The summed E-state index contributed by atoms with van der Waals surface area (Å²) in [5.74, 6) is -1.51. The summed E-state index contributed by atoms with van der Waals surface area (Å²) >= 11 is 12.3. The smallest absolute Gasteiger partial charge is 0.306 e. The molecule has 0 unspecified atom stereocenters. The van der Waals surface area contributed by atoms with Crippen LogP contribution in [0.2, 0.25) is 10.0 Å². The van der Waals surface area contributed by atoms with Crippen LogP contribution in [-0.2, 0) is 17.8 Å². The molecule has 0 aliphatic heterocycles. The molecule has 0 aliphatic rings. The Morgan fingerprint density at radius 1 is 0.912 bits per heavy atom. The van der Waals surface area contributed by atoms with Crippen LogP contribution in [0.25, 0.3) is 5.69 Å². The lowest BCUT2D eigenvalue weighted by atomic mass is 9.92. The second-order valence-electron chi connectivity index (χ2n) is 8.38. The van der Waals surface area contributed by atoms with Crippen LogP contribution in [-0.4, -0.2) is 15.7 Å². The van der Waals surface area contributed by atoms with E-state index < -0.39 is 40.4 Å². The van der Waals surface area contributed by atoms with Crippen LogP contribution >= 0.6 is 23.2 Å². The van der Waals surface area contributed by atoms with Gasteiger partial charge < -0.3 is 5.32 Å². The summed E-state index contributed by atoms with van der Waals surface area (Å²) in [5, 5.41) is 7.06. The highest BCUT2D eigenvalue weighted by molar-refractivity contribution is 6.34. The third kappa shape index (κ3) is 5.50. The van der Waals surface area contributed by atoms with Gasteiger partial charge in [-0.3, -0.25) is 4.79 Å². The van der Waals surface area contributed by atoms with Crippen molar-refractivity contribution in [3.8, 4) is 5.69 Å². The van der Waals surface area contributed by atoms with Gasteiger partial charge in [-0.25, -0.2) is 4.68 Å². The number of benzene rings is 2. The Morgan fingerprint density at radius 3 is 2.12 bits per heavy atom. The van der Waals surface area contributed by atoms with Crippen LogP contribution in [0, 0.1) is 0 Å². The van der Waals surface area contributed by atoms with Crippen LogP contribution in [0.15, 0.2) is 42.5 Å². The molecule has 0 saturated carbocycles. The van der Waals surface area contributed by atoms with Crippen molar-refractivity contribution in [3.05, 3.63) is 74.9 Å². The average molecular weight is 524 g/mol. The minimum atomic E-state index is -5.07. The van der Waals surface area contributed by atoms with Gasteiger partial charge in [-0.1, -0.05) is 44.0 Å². The molecule has 1 N–H and O–H groups in total. The van der Waals surface area contributed by atoms with E-state index in [-0.39, 0.29) is 39.7 Å². The Morgan fingerprint density at radius 2 is 1.56 bits per heavy atom. The average Bonchev–Trinajstić information content (AvgIpc) is 3.12. The number of hydrogen-bond acceptors (Lipinski definition) is 2. The second-order valence-corrected chi connectivity index (χ2v) is 9.23. The van der Waals surface area contributed by atoms with Crippen molar-refractivity contribution in [2.45, 2.75) is 38.5 Å². The van der Waals surface area contributed by atoms with Crippen LogP contribution < -0.4 is 5.32 Å². The summed E-state index contributed by atoms with van der Waals surface area (Å²) in [7, 11) is 0. The third-order valence-electron chi connectivity index (χ3n) is 4.75. The van der Waals surface area contributed by atoms with Crippen LogP contribution in [0.3, 0.4) is 0 Å². The second kappa shape index (κ2) is 8.81. The van der Waals surface area contributed by atoms with Gasteiger partial charge in [0.15, 0.2) is 0 Å². The van der Waals surface area contributed by atoms with Gasteiger partial charge in [0.2, 0.25) is 0 Å². The van der Waals surface area contributed by atoms with Crippen LogP contribution in [0.5, 0.6) is 0 Å². The molecule has 0 saturated heterocycles. The first-order chi connectivity index (χ1) is 15.5. The first-order valence-electron chi connectivity index (χ1n) is 9.64. The maximum Gasteiger partial charge on any atom is 0.417 e. The van der Waals surface area contributed by atoms with Crippen molar-refractivity contribution in [2.75, 3.05) is 5.32 Å². The van der Waals surface area contributed by atoms with E-state index in [4.69, 9.17) is 23.2 Å². The Labute approximate surface area is 200 Å². The number of nitrogens with zero attached hydrogens (tertiary/aromatic N) is 2. The fourth-order valence-electron chi connectivity index (χ4n) is 3.01. The number of halogens is 8. The molecular formula is C22H17Cl2F6N3O. The van der Waals surface area contributed by atoms with Gasteiger partial charge in [0.25, 0.3) is 5.91 Å². The number of carbonyl (C=O) groups is 1. The molecule has 0 radical (unpaired) electrons. The van der Waals surface area contributed by atoms with Gasteiger partial charge in [-0.2, -0.15) is 31.4 Å². The first-order valence-corrected chi connectivity index (χ1v) is 10.4. The fraction of sp³-hybridized carbons (Fsp3) is 0.273. The van der Waals surface area contributed by atoms with E-state index in [1.165, 1.54) is 24.3 Å². The maximum atomic E-state index is 13.5. The molecule has 2 aromatic carbocycles. The fourth-order valence-corrected chi connectivity index (χ4v) is 3.37. The van der Waals surface area contributed by atoms with Crippen molar-refractivity contribution in [3.63, 3.8) is 0 Å². The van der Waals surface area contributed by atoms with E-state index in [1.54, 1.807) is 20.8 Å². The van der Waals surface area contributed by atoms with Crippen molar-refractivity contribution >= 4 is 34.9 Å². The highest BCUT2D eigenvalue weighted by atomic mass is 35.5. The van der Waals surface area contributed by atoms with Crippen molar-refractivity contribution < 1.29 is 31.1 Å². The zero-order valence-corrected chi connectivity index (χ0v) is 19.4. The quantitative estimate of drug-likeness (QED) is 0.356. The van der Waals surface area contributed by atoms with E-state index >= 15 is 0 Å². The predicted octanol–water partition coefficient (Wildman–Crippen LogP) is 7.77. The lowest BCUT2D eigenvalue weighted by molar-refractivity contribution is -0.141. The third-order valence-corrected chi connectivity index (χ3v) is 5.31. The Bertz CT molecular complexity index is 1240. The van der Waals surface area contributed by atoms with Crippen LogP contribution in [0.1, 0.15) is 48.0 Å². The summed E-state index contributed by atoms with van der Waals surface area (Å²) in [6.45, 7) is 5.41. The van der Waals surface area contributed by atoms with Gasteiger partial charge in [0.1, 0.15) is 5.82 Å².